The fourth-order valence-electron chi connectivity index (χ4n) is 2.88. The van der Waals surface area contributed by atoms with E-state index < -0.39 is 0 Å². The molecule has 132 valence electrons. The number of halogens is 1. The lowest BCUT2D eigenvalue weighted by molar-refractivity contribution is -0.128. The number of anilines is 1. The van der Waals surface area contributed by atoms with Gasteiger partial charge in [-0.25, -0.2) is 14.4 Å². The molecule has 1 saturated heterocycles. The zero-order chi connectivity index (χ0) is 17.8. The molecule has 0 bridgehead atoms. The van der Waals surface area contributed by atoms with Gasteiger partial charge in [0.05, 0.1) is 11.4 Å². The van der Waals surface area contributed by atoms with Crippen molar-refractivity contribution in [1.29, 1.82) is 0 Å². The highest BCUT2D eigenvalue weighted by Crippen LogP contribution is 2.21. The van der Waals surface area contributed by atoms with E-state index in [1.54, 1.807) is 12.1 Å². The smallest absolute Gasteiger partial charge is 0.233 e. The van der Waals surface area contributed by atoms with Crippen LogP contribution in [0.3, 0.4) is 0 Å². The number of piperazine rings is 1. The normalized spacial score (nSPS) is 14.7. The Bertz CT molecular complexity index is 742. The number of hydrogen-bond donors (Lipinski definition) is 0. The van der Waals surface area contributed by atoms with E-state index in [0.29, 0.717) is 42.8 Å². The number of aromatic nitrogens is 2. The summed E-state index contributed by atoms with van der Waals surface area (Å²) in [6.07, 6.45) is 0. The van der Waals surface area contributed by atoms with E-state index in [1.807, 2.05) is 35.8 Å². The molecule has 1 fully saturated rings. The van der Waals surface area contributed by atoms with Crippen molar-refractivity contribution in [3.8, 4) is 0 Å². The fraction of sp³-hybridized carbons (Fsp3) is 0.389. The van der Waals surface area contributed by atoms with Crippen LogP contribution in [0.5, 0.6) is 0 Å². The second kappa shape index (κ2) is 7.82. The number of carbonyl (C=O) groups is 1. The molecule has 1 aliphatic rings. The third kappa shape index (κ3) is 4.48. The van der Waals surface area contributed by atoms with E-state index >= 15 is 0 Å². The van der Waals surface area contributed by atoms with E-state index in [1.165, 1.54) is 17.8 Å². The number of nitrogens with zero attached hydrogens (tertiary/aromatic N) is 4. The molecule has 5 nitrogen and oxygen atoms in total. The first-order valence-electron chi connectivity index (χ1n) is 8.25. The lowest BCUT2D eigenvalue weighted by Crippen LogP contribution is -2.49. The summed E-state index contributed by atoms with van der Waals surface area (Å²) in [5, 5.41) is 0.635. The van der Waals surface area contributed by atoms with Crippen molar-refractivity contribution in [1.82, 2.24) is 14.9 Å². The van der Waals surface area contributed by atoms with E-state index in [-0.39, 0.29) is 11.7 Å². The molecule has 1 aromatic heterocycles. The minimum Gasteiger partial charge on any atom is -0.366 e. The molecular formula is C18H21FN4OS. The number of aryl methyl sites for hydroxylation is 2. The van der Waals surface area contributed by atoms with Crippen LogP contribution in [0, 0.1) is 19.7 Å². The number of hydrogen-bond acceptors (Lipinski definition) is 5. The largest absolute Gasteiger partial charge is 0.366 e. The van der Waals surface area contributed by atoms with Crippen molar-refractivity contribution in [3.05, 3.63) is 47.5 Å². The van der Waals surface area contributed by atoms with Gasteiger partial charge < -0.3 is 9.80 Å². The van der Waals surface area contributed by atoms with E-state index in [0.717, 1.165) is 11.4 Å². The molecule has 0 atom stereocenters. The first-order valence-corrected chi connectivity index (χ1v) is 9.24. The van der Waals surface area contributed by atoms with Gasteiger partial charge in [0.15, 0.2) is 5.16 Å². The van der Waals surface area contributed by atoms with Crippen LogP contribution < -0.4 is 4.90 Å². The molecule has 7 heteroatoms. The lowest BCUT2D eigenvalue weighted by Gasteiger charge is -2.36. The topological polar surface area (TPSA) is 49.3 Å². The Morgan fingerprint density at radius 3 is 2.40 bits per heavy atom. The van der Waals surface area contributed by atoms with Crippen LogP contribution in [-0.2, 0) is 4.79 Å². The van der Waals surface area contributed by atoms with Crippen LogP contribution in [0.1, 0.15) is 11.4 Å². The quantitative estimate of drug-likeness (QED) is 0.620. The summed E-state index contributed by atoms with van der Waals surface area (Å²) >= 11 is 1.36. The number of para-hydroxylation sites is 1. The summed E-state index contributed by atoms with van der Waals surface area (Å²) < 4.78 is 13.9. The molecule has 0 aliphatic carbocycles. The van der Waals surface area contributed by atoms with Crippen molar-refractivity contribution in [3.63, 3.8) is 0 Å². The molecule has 0 radical (unpaired) electrons. The fourth-order valence-corrected chi connectivity index (χ4v) is 3.73. The monoisotopic (exact) mass is 360 g/mol. The van der Waals surface area contributed by atoms with E-state index in [9.17, 15) is 9.18 Å². The van der Waals surface area contributed by atoms with E-state index in [2.05, 4.69) is 9.97 Å². The maximum atomic E-state index is 13.9. The third-order valence-electron chi connectivity index (χ3n) is 4.11. The summed E-state index contributed by atoms with van der Waals surface area (Å²) in [5.41, 5.74) is 2.41. The van der Waals surface area contributed by atoms with Crippen LogP contribution in [0.2, 0.25) is 0 Å². The van der Waals surface area contributed by atoms with Crippen LogP contribution >= 0.6 is 11.8 Å². The molecule has 1 aromatic carbocycles. The Labute approximate surface area is 151 Å². The van der Waals surface area contributed by atoms with Crippen LogP contribution in [0.15, 0.2) is 35.5 Å². The first kappa shape index (κ1) is 17.7. The number of thioether (sulfide) groups is 1. The third-order valence-corrected chi connectivity index (χ3v) is 4.94. The summed E-state index contributed by atoms with van der Waals surface area (Å²) in [6, 6.07) is 8.67. The maximum Gasteiger partial charge on any atom is 0.233 e. The van der Waals surface area contributed by atoms with Gasteiger partial charge >= 0.3 is 0 Å². The molecule has 2 aromatic rings. The average Bonchev–Trinajstić information content (AvgIpc) is 2.59. The summed E-state index contributed by atoms with van der Waals surface area (Å²) in [6.45, 7) is 6.31. The van der Waals surface area contributed by atoms with Gasteiger partial charge in [-0.1, -0.05) is 23.9 Å². The van der Waals surface area contributed by atoms with Crippen molar-refractivity contribution in [2.75, 3.05) is 36.8 Å². The minimum absolute atomic E-state index is 0.0703. The zero-order valence-electron chi connectivity index (χ0n) is 14.4. The highest BCUT2D eigenvalue weighted by atomic mass is 32.2. The molecule has 0 saturated carbocycles. The lowest BCUT2D eigenvalue weighted by atomic mass is 10.2. The van der Waals surface area contributed by atoms with Crippen molar-refractivity contribution >= 4 is 23.4 Å². The second-order valence-corrected chi connectivity index (χ2v) is 6.98. The average molecular weight is 360 g/mol. The second-order valence-electron chi connectivity index (χ2n) is 6.04. The number of rotatable bonds is 4. The molecule has 1 amide bonds. The van der Waals surface area contributed by atoms with Crippen LogP contribution in [-0.4, -0.2) is 52.7 Å². The Hall–Kier alpha value is -2.15. The maximum absolute atomic E-state index is 13.9. The van der Waals surface area contributed by atoms with Gasteiger partial charge in [0.1, 0.15) is 5.82 Å². The molecule has 25 heavy (non-hydrogen) atoms. The summed E-state index contributed by atoms with van der Waals surface area (Å²) in [7, 11) is 0. The molecule has 2 heterocycles. The number of benzene rings is 1. The highest BCUT2D eigenvalue weighted by Gasteiger charge is 2.22. The molecule has 3 rings (SSSR count). The van der Waals surface area contributed by atoms with E-state index in [4.69, 9.17) is 0 Å². The molecule has 1 aliphatic heterocycles. The van der Waals surface area contributed by atoms with Gasteiger partial charge in [0.25, 0.3) is 0 Å². The Kier molecular flexibility index (Phi) is 5.53. The van der Waals surface area contributed by atoms with Gasteiger partial charge in [0.2, 0.25) is 5.91 Å². The van der Waals surface area contributed by atoms with Gasteiger partial charge in [-0.15, -0.1) is 0 Å². The number of carbonyl (C=O) groups excluding carboxylic acids is 1. The Morgan fingerprint density at radius 2 is 1.76 bits per heavy atom. The Balaban J connectivity index is 1.52. The van der Waals surface area contributed by atoms with Gasteiger partial charge in [-0.2, -0.15) is 0 Å². The minimum atomic E-state index is -0.218. The van der Waals surface area contributed by atoms with Gasteiger partial charge in [0, 0.05) is 37.6 Å². The van der Waals surface area contributed by atoms with Crippen molar-refractivity contribution < 1.29 is 9.18 Å². The molecular weight excluding hydrogens is 339 g/mol. The molecule has 0 spiro atoms. The van der Waals surface area contributed by atoms with Gasteiger partial charge in [-0.05, 0) is 32.0 Å². The molecule has 0 unspecified atom stereocenters. The number of amides is 1. The predicted molar refractivity (Wildman–Crippen MR) is 97.4 cm³/mol. The SMILES string of the molecule is Cc1cc(C)nc(SCC(=O)N2CCN(c3ccccc3F)CC2)n1. The first-order chi connectivity index (χ1) is 12.0. The zero-order valence-corrected chi connectivity index (χ0v) is 15.2. The highest BCUT2D eigenvalue weighted by molar-refractivity contribution is 7.99. The van der Waals surface area contributed by atoms with Crippen molar-refractivity contribution in [2.24, 2.45) is 0 Å². The van der Waals surface area contributed by atoms with Crippen molar-refractivity contribution in [2.45, 2.75) is 19.0 Å². The Morgan fingerprint density at radius 1 is 1.12 bits per heavy atom. The summed E-state index contributed by atoms with van der Waals surface area (Å²) in [4.78, 5) is 24.9. The molecule has 0 N–H and O–H groups in total. The van der Waals surface area contributed by atoms with Gasteiger partial charge in [-0.3, -0.25) is 4.79 Å². The van der Waals surface area contributed by atoms with Crippen LogP contribution in [0.4, 0.5) is 10.1 Å². The van der Waals surface area contributed by atoms with Crippen LogP contribution in [0.25, 0.3) is 0 Å². The standard InChI is InChI=1S/C18H21FN4OS/c1-13-11-14(2)21-18(20-13)25-12-17(24)23-9-7-22(8-10-23)16-6-4-3-5-15(16)19/h3-6,11H,7-10,12H2,1-2H3. The summed E-state index contributed by atoms with van der Waals surface area (Å²) in [5.74, 6) is 0.175. The predicted octanol–water partition coefficient (Wildman–Crippen LogP) is 2.67.